The summed E-state index contributed by atoms with van der Waals surface area (Å²) in [6.45, 7) is 3.60. The number of benzene rings is 2. The van der Waals surface area contributed by atoms with Gasteiger partial charge >= 0.3 is 0 Å². The van der Waals surface area contributed by atoms with E-state index in [1.165, 1.54) is 0 Å². The van der Waals surface area contributed by atoms with Crippen molar-refractivity contribution in [3.05, 3.63) is 35.9 Å². The van der Waals surface area contributed by atoms with Crippen molar-refractivity contribution in [2.24, 2.45) is 0 Å². The number of hydrogen-bond acceptors (Lipinski definition) is 4. The molecule has 1 saturated heterocycles. The van der Waals surface area contributed by atoms with Crippen molar-refractivity contribution in [2.75, 3.05) is 26.3 Å². The fraction of sp³-hybridized carbons (Fsp3) is 0.333. The van der Waals surface area contributed by atoms with Gasteiger partial charge in [0, 0.05) is 25.0 Å². The van der Waals surface area contributed by atoms with Crippen LogP contribution in [0.4, 0.5) is 0 Å². The molecular weight excluding hydrogens is 242 g/mol. The van der Waals surface area contributed by atoms with Crippen LogP contribution in [-0.4, -0.2) is 41.4 Å². The number of phenolic OH excluding ortho intramolecular Hbond substituents is 2. The summed E-state index contributed by atoms with van der Waals surface area (Å²) in [6, 6.07) is 9.24. The number of rotatable bonds is 2. The molecule has 0 spiro atoms. The number of nitrogens with zero attached hydrogens (tertiary/aromatic N) is 1. The molecule has 1 fully saturated rings. The molecule has 4 nitrogen and oxygen atoms in total. The predicted octanol–water partition coefficient (Wildman–Crippen LogP) is 2.08. The third-order valence-electron chi connectivity index (χ3n) is 3.59. The molecule has 2 aromatic carbocycles. The van der Waals surface area contributed by atoms with Crippen molar-refractivity contribution in [3.63, 3.8) is 0 Å². The Hall–Kier alpha value is -1.78. The molecule has 4 heteroatoms. The number of ether oxygens (including phenoxy) is 1. The van der Waals surface area contributed by atoms with E-state index in [0.29, 0.717) is 25.3 Å². The highest BCUT2D eigenvalue weighted by Gasteiger charge is 2.17. The van der Waals surface area contributed by atoms with Gasteiger partial charge in [-0.2, -0.15) is 0 Å². The van der Waals surface area contributed by atoms with Crippen LogP contribution in [0, 0.1) is 0 Å². The van der Waals surface area contributed by atoms with Gasteiger partial charge in [0.15, 0.2) is 0 Å². The second-order valence-electron chi connectivity index (χ2n) is 4.83. The number of aromatic hydroxyl groups is 2. The molecule has 2 aromatic rings. The lowest BCUT2D eigenvalue weighted by atomic mass is 10.0. The van der Waals surface area contributed by atoms with Crippen molar-refractivity contribution >= 4 is 10.8 Å². The summed E-state index contributed by atoms with van der Waals surface area (Å²) >= 11 is 0. The van der Waals surface area contributed by atoms with Crippen molar-refractivity contribution in [1.29, 1.82) is 0 Å². The maximum Gasteiger partial charge on any atom is 0.131 e. The van der Waals surface area contributed by atoms with E-state index in [1.807, 2.05) is 24.3 Å². The summed E-state index contributed by atoms with van der Waals surface area (Å²) < 4.78 is 5.30. The highest BCUT2D eigenvalue weighted by molar-refractivity contribution is 5.91. The van der Waals surface area contributed by atoms with Crippen LogP contribution in [0.15, 0.2) is 30.3 Å². The minimum Gasteiger partial charge on any atom is -0.507 e. The van der Waals surface area contributed by atoms with Gasteiger partial charge in [-0.3, -0.25) is 4.90 Å². The number of morpholine rings is 1. The lowest BCUT2D eigenvalue weighted by Gasteiger charge is -2.27. The van der Waals surface area contributed by atoms with Crippen LogP contribution in [-0.2, 0) is 11.3 Å². The number of phenols is 2. The Balaban J connectivity index is 1.98. The van der Waals surface area contributed by atoms with E-state index in [0.717, 1.165) is 23.9 Å². The van der Waals surface area contributed by atoms with E-state index in [2.05, 4.69) is 4.90 Å². The van der Waals surface area contributed by atoms with E-state index >= 15 is 0 Å². The van der Waals surface area contributed by atoms with E-state index in [1.54, 1.807) is 6.07 Å². The molecule has 0 unspecified atom stereocenters. The SMILES string of the molecule is Oc1cc2ccccc2c(O)c1CN1CCOCC1. The standard InChI is InChI=1S/C15H17NO3/c17-14-9-11-3-1-2-4-12(11)15(18)13(14)10-16-5-7-19-8-6-16/h1-4,9,17-18H,5-8,10H2. The quantitative estimate of drug-likeness (QED) is 0.867. The fourth-order valence-electron chi connectivity index (χ4n) is 2.50. The zero-order valence-electron chi connectivity index (χ0n) is 10.7. The minimum atomic E-state index is 0.155. The average molecular weight is 259 g/mol. The molecule has 0 saturated carbocycles. The van der Waals surface area contributed by atoms with Gasteiger partial charge in [-0.05, 0) is 11.5 Å². The van der Waals surface area contributed by atoms with Gasteiger partial charge in [0.1, 0.15) is 11.5 Å². The molecule has 0 atom stereocenters. The first-order valence-electron chi connectivity index (χ1n) is 6.48. The van der Waals surface area contributed by atoms with Crippen LogP contribution in [0.1, 0.15) is 5.56 Å². The zero-order chi connectivity index (χ0) is 13.2. The zero-order valence-corrected chi connectivity index (χ0v) is 10.7. The number of hydrogen-bond donors (Lipinski definition) is 2. The fourth-order valence-corrected chi connectivity index (χ4v) is 2.50. The van der Waals surface area contributed by atoms with E-state index in [9.17, 15) is 10.2 Å². The van der Waals surface area contributed by atoms with E-state index < -0.39 is 0 Å². The molecule has 2 N–H and O–H groups in total. The van der Waals surface area contributed by atoms with Crippen molar-refractivity contribution in [2.45, 2.75) is 6.54 Å². The van der Waals surface area contributed by atoms with Crippen LogP contribution in [0.3, 0.4) is 0 Å². The Morgan fingerprint density at radius 3 is 2.63 bits per heavy atom. The van der Waals surface area contributed by atoms with Crippen molar-refractivity contribution < 1.29 is 14.9 Å². The third kappa shape index (κ3) is 2.37. The minimum absolute atomic E-state index is 0.155. The maximum atomic E-state index is 10.3. The smallest absolute Gasteiger partial charge is 0.131 e. The number of fused-ring (bicyclic) bond motifs is 1. The summed E-state index contributed by atoms with van der Waals surface area (Å²) in [7, 11) is 0. The first kappa shape index (κ1) is 12.3. The van der Waals surface area contributed by atoms with Gasteiger partial charge in [0.25, 0.3) is 0 Å². The predicted molar refractivity (Wildman–Crippen MR) is 73.4 cm³/mol. The Morgan fingerprint density at radius 1 is 1.11 bits per heavy atom. The summed E-state index contributed by atoms with van der Waals surface area (Å²) in [4.78, 5) is 2.17. The molecule has 1 heterocycles. The van der Waals surface area contributed by atoms with Gasteiger partial charge in [-0.1, -0.05) is 24.3 Å². The highest BCUT2D eigenvalue weighted by Crippen LogP contribution is 2.36. The van der Waals surface area contributed by atoms with Crippen LogP contribution >= 0.6 is 0 Å². The average Bonchev–Trinajstić information content (AvgIpc) is 2.45. The third-order valence-corrected chi connectivity index (χ3v) is 3.59. The highest BCUT2D eigenvalue weighted by atomic mass is 16.5. The van der Waals surface area contributed by atoms with Crippen LogP contribution in [0.2, 0.25) is 0 Å². The van der Waals surface area contributed by atoms with Crippen LogP contribution in [0.5, 0.6) is 11.5 Å². The molecule has 3 rings (SSSR count). The lowest BCUT2D eigenvalue weighted by molar-refractivity contribution is 0.0336. The molecule has 19 heavy (non-hydrogen) atoms. The Morgan fingerprint density at radius 2 is 1.84 bits per heavy atom. The first-order valence-corrected chi connectivity index (χ1v) is 6.48. The molecule has 1 aliphatic heterocycles. The molecule has 0 aliphatic carbocycles. The summed E-state index contributed by atoms with van der Waals surface area (Å²) in [5.74, 6) is 0.338. The van der Waals surface area contributed by atoms with E-state index in [-0.39, 0.29) is 11.5 Å². The second-order valence-corrected chi connectivity index (χ2v) is 4.83. The maximum absolute atomic E-state index is 10.3. The van der Waals surface area contributed by atoms with Gasteiger partial charge < -0.3 is 14.9 Å². The van der Waals surface area contributed by atoms with Gasteiger partial charge in [-0.15, -0.1) is 0 Å². The lowest BCUT2D eigenvalue weighted by Crippen LogP contribution is -2.35. The largest absolute Gasteiger partial charge is 0.507 e. The topological polar surface area (TPSA) is 52.9 Å². The van der Waals surface area contributed by atoms with Gasteiger partial charge in [0.05, 0.1) is 18.8 Å². The normalized spacial score (nSPS) is 16.8. The van der Waals surface area contributed by atoms with Crippen LogP contribution in [0.25, 0.3) is 10.8 Å². The molecule has 0 aromatic heterocycles. The monoisotopic (exact) mass is 259 g/mol. The Labute approximate surface area is 111 Å². The molecule has 0 bridgehead atoms. The molecule has 100 valence electrons. The summed E-state index contributed by atoms with van der Waals surface area (Å²) in [5, 5.41) is 22.1. The van der Waals surface area contributed by atoms with Crippen LogP contribution < -0.4 is 0 Å². The Bertz CT molecular complexity index is 591. The van der Waals surface area contributed by atoms with E-state index in [4.69, 9.17) is 4.74 Å². The molecule has 1 aliphatic rings. The Kier molecular flexibility index (Phi) is 3.27. The second kappa shape index (κ2) is 5.07. The molecular formula is C15H17NO3. The molecule has 0 radical (unpaired) electrons. The summed E-state index contributed by atoms with van der Waals surface area (Å²) in [6.07, 6.45) is 0. The van der Waals surface area contributed by atoms with Crippen molar-refractivity contribution in [3.8, 4) is 11.5 Å². The van der Waals surface area contributed by atoms with Gasteiger partial charge in [-0.25, -0.2) is 0 Å². The molecule has 0 amide bonds. The summed E-state index contributed by atoms with van der Waals surface area (Å²) in [5.41, 5.74) is 0.598. The van der Waals surface area contributed by atoms with Gasteiger partial charge in [0.2, 0.25) is 0 Å². The van der Waals surface area contributed by atoms with Crippen molar-refractivity contribution in [1.82, 2.24) is 4.90 Å². The first-order chi connectivity index (χ1) is 9.25.